The highest BCUT2D eigenvalue weighted by Gasteiger charge is 2.14. The number of hydrogen-bond acceptors (Lipinski definition) is 5. The van der Waals surface area contributed by atoms with Crippen molar-refractivity contribution < 1.29 is 9.34 Å². The zero-order valence-corrected chi connectivity index (χ0v) is 11.2. The number of nitro benzene ring substituents is 1. The minimum Gasteiger partial charge on any atom is -0.460 e. The third-order valence-electron chi connectivity index (χ3n) is 3.02. The molecule has 2 N–H and O–H groups in total. The summed E-state index contributed by atoms with van der Waals surface area (Å²) in [5.41, 5.74) is 7.45. The first-order valence-electron chi connectivity index (χ1n) is 6.21. The number of nitrogen functional groups attached to an aromatic ring is 1. The lowest BCUT2D eigenvalue weighted by Crippen LogP contribution is -1.96. The summed E-state index contributed by atoms with van der Waals surface area (Å²) in [4.78, 5) is 10.4. The summed E-state index contributed by atoms with van der Waals surface area (Å²) in [5, 5.41) is 15.2. The largest absolute Gasteiger partial charge is 0.460 e. The SMILES string of the molecule is Cc1ccc(-c2nn(-c3cccc([N+](=O)[O-])c3)cc2N)o1. The van der Waals surface area contributed by atoms with Crippen molar-refractivity contribution in [3.63, 3.8) is 0 Å². The Morgan fingerprint density at radius 1 is 1.33 bits per heavy atom. The number of anilines is 1. The Bertz CT molecular complexity index is 819. The van der Waals surface area contributed by atoms with Crippen molar-refractivity contribution in [2.24, 2.45) is 0 Å². The molecule has 7 nitrogen and oxygen atoms in total. The van der Waals surface area contributed by atoms with Crippen LogP contribution in [0, 0.1) is 17.0 Å². The van der Waals surface area contributed by atoms with Crippen LogP contribution >= 0.6 is 0 Å². The van der Waals surface area contributed by atoms with E-state index in [1.165, 1.54) is 16.8 Å². The highest BCUT2D eigenvalue weighted by Crippen LogP contribution is 2.27. The van der Waals surface area contributed by atoms with E-state index in [1.807, 2.05) is 13.0 Å². The van der Waals surface area contributed by atoms with Crippen molar-refractivity contribution in [2.45, 2.75) is 6.92 Å². The molecule has 0 aliphatic heterocycles. The van der Waals surface area contributed by atoms with E-state index in [1.54, 1.807) is 24.4 Å². The molecule has 0 saturated carbocycles. The Morgan fingerprint density at radius 3 is 2.81 bits per heavy atom. The fourth-order valence-electron chi connectivity index (χ4n) is 2.02. The molecular weight excluding hydrogens is 272 g/mol. The van der Waals surface area contributed by atoms with Crippen LogP contribution in [0.5, 0.6) is 0 Å². The zero-order valence-electron chi connectivity index (χ0n) is 11.2. The number of aromatic nitrogens is 2. The van der Waals surface area contributed by atoms with Crippen LogP contribution in [-0.4, -0.2) is 14.7 Å². The standard InChI is InChI=1S/C14H12N4O3/c1-9-5-6-13(21-9)14-12(15)8-17(16-14)10-3-2-4-11(7-10)18(19)20/h2-8H,15H2,1H3. The van der Waals surface area contributed by atoms with Crippen LogP contribution in [0.3, 0.4) is 0 Å². The van der Waals surface area contributed by atoms with Gasteiger partial charge in [0, 0.05) is 12.1 Å². The number of rotatable bonds is 3. The first-order chi connectivity index (χ1) is 10.0. The fraction of sp³-hybridized carbons (Fsp3) is 0.0714. The number of nitrogens with two attached hydrogens (primary N) is 1. The van der Waals surface area contributed by atoms with Crippen molar-refractivity contribution in [1.29, 1.82) is 0 Å². The lowest BCUT2D eigenvalue weighted by molar-refractivity contribution is -0.384. The second-order valence-electron chi connectivity index (χ2n) is 4.56. The number of nitro groups is 1. The van der Waals surface area contributed by atoms with Crippen LogP contribution < -0.4 is 5.73 Å². The smallest absolute Gasteiger partial charge is 0.271 e. The van der Waals surface area contributed by atoms with Gasteiger partial charge in [-0.1, -0.05) is 6.07 Å². The summed E-state index contributed by atoms with van der Waals surface area (Å²) in [7, 11) is 0. The summed E-state index contributed by atoms with van der Waals surface area (Å²) >= 11 is 0. The van der Waals surface area contributed by atoms with Gasteiger partial charge >= 0.3 is 0 Å². The first-order valence-corrected chi connectivity index (χ1v) is 6.21. The summed E-state index contributed by atoms with van der Waals surface area (Å²) < 4.78 is 6.99. The lowest BCUT2D eigenvalue weighted by atomic mass is 10.3. The van der Waals surface area contributed by atoms with Gasteiger partial charge in [-0.2, -0.15) is 5.10 Å². The molecule has 7 heteroatoms. The van der Waals surface area contributed by atoms with E-state index in [0.717, 1.165) is 5.76 Å². The Hall–Kier alpha value is -3.09. The molecule has 0 atom stereocenters. The monoisotopic (exact) mass is 284 g/mol. The second kappa shape index (κ2) is 4.78. The normalized spacial score (nSPS) is 10.7. The average Bonchev–Trinajstić information content (AvgIpc) is 3.05. The molecule has 0 unspecified atom stereocenters. The maximum Gasteiger partial charge on any atom is 0.271 e. The van der Waals surface area contributed by atoms with E-state index >= 15 is 0 Å². The molecular formula is C14H12N4O3. The minimum atomic E-state index is -0.451. The van der Waals surface area contributed by atoms with Gasteiger partial charge in [-0.15, -0.1) is 0 Å². The highest BCUT2D eigenvalue weighted by atomic mass is 16.6. The van der Waals surface area contributed by atoms with E-state index in [9.17, 15) is 10.1 Å². The Balaban J connectivity index is 2.05. The maximum absolute atomic E-state index is 10.8. The van der Waals surface area contributed by atoms with E-state index in [4.69, 9.17) is 10.2 Å². The molecule has 0 bridgehead atoms. The molecule has 0 fully saturated rings. The molecule has 0 aliphatic carbocycles. The van der Waals surface area contributed by atoms with Crippen LogP contribution in [0.2, 0.25) is 0 Å². The first kappa shape index (κ1) is 12.9. The van der Waals surface area contributed by atoms with Crippen LogP contribution in [0.15, 0.2) is 47.0 Å². The number of furan rings is 1. The van der Waals surface area contributed by atoms with Gasteiger partial charge in [-0.05, 0) is 25.1 Å². The van der Waals surface area contributed by atoms with Gasteiger partial charge in [0.15, 0.2) is 11.5 Å². The van der Waals surface area contributed by atoms with Crippen molar-refractivity contribution in [2.75, 3.05) is 5.73 Å². The van der Waals surface area contributed by atoms with Crippen LogP contribution in [0.1, 0.15) is 5.76 Å². The predicted molar refractivity (Wildman–Crippen MR) is 77.1 cm³/mol. The van der Waals surface area contributed by atoms with Crippen molar-refractivity contribution in [3.8, 4) is 17.1 Å². The maximum atomic E-state index is 10.8. The number of benzene rings is 1. The molecule has 0 spiro atoms. The quantitative estimate of drug-likeness (QED) is 0.588. The van der Waals surface area contributed by atoms with Crippen LogP contribution in [0.4, 0.5) is 11.4 Å². The van der Waals surface area contributed by atoms with Gasteiger partial charge in [-0.3, -0.25) is 10.1 Å². The van der Waals surface area contributed by atoms with Gasteiger partial charge in [0.2, 0.25) is 0 Å². The number of nitrogens with zero attached hydrogens (tertiary/aromatic N) is 3. The second-order valence-corrected chi connectivity index (χ2v) is 4.56. The van der Waals surface area contributed by atoms with Crippen LogP contribution in [-0.2, 0) is 0 Å². The van der Waals surface area contributed by atoms with E-state index in [2.05, 4.69) is 5.10 Å². The van der Waals surface area contributed by atoms with Gasteiger partial charge in [0.1, 0.15) is 5.76 Å². The third-order valence-corrected chi connectivity index (χ3v) is 3.02. The molecule has 1 aromatic carbocycles. The molecule has 2 heterocycles. The van der Waals surface area contributed by atoms with Gasteiger partial charge in [0.05, 0.1) is 22.5 Å². The zero-order chi connectivity index (χ0) is 15.0. The molecule has 2 aromatic heterocycles. The molecule has 0 aliphatic rings. The Labute approximate surface area is 119 Å². The topological polar surface area (TPSA) is 100 Å². The lowest BCUT2D eigenvalue weighted by Gasteiger charge is -2.00. The fourth-order valence-corrected chi connectivity index (χ4v) is 2.02. The Morgan fingerprint density at radius 2 is 2.14 bits per heavy atom. The van der Waals surface area contributed by atoms with E-state index in [0.29, 0.717) is 22.8 Å². The summed E-state index contributed by atoms with van der Waals surface area (Å²) in [5.74, 6) is 1.32. The van der Waals surface area contributed by atoms with E-state index < -0.39 is 4.92 Å². The third kappa shape index (κ3) is 2.36. The molecule has 3 rings (SSSR count). The molecule has 0 radical (unpaired) electrons. The van der Waals surface area contributed by atoms with Crippen molar-refractivity contribution in [3.05, 3.63) is 58.5 Å². The summed E-state index contributed by atoms with van der Waals surface area (Å²) in [6.45, 7) is 1.83. The number of hydrogen-bond donors (Lipinski definition) is 1. The Kier molecular flexibility index (Phi) is 2.94. The molecule has 0 amide bonds. The number of aryl methyl sites for hydroxylation is 1. The van der Waals surface area contributed by atoms with Crippen molar-refractivity contribution >= 4 is 11.4 Å². The molecule has 0 saturated heterocycles. The minimum absolute atomic E-state index is 0.00281. The van der Waals surface area contributed by atoms with Gasteiger partial charge in [0.25, 0.3) is 5.69 Å². The van der Waals surface area contributed by atoms with E-state index in [-0.39, 0.29) is 5.69 Å². The highest BCUT2D eigenvalue weighted by molar-refractivity contribution is 5.68. The van der Waals surface area contributed by atoms with Gasteiger partial charge < -0.3 is 10.2 Å². The molecule has 3 aromatic rings. The molecule has 106 valence electrons. The summed E-state index contributed by atoms with van der Waals surface area (Å²) in [6, 6.07) is 9.78. The number of non-ortho nitro benzene ring substituents is 1. The summed E-state index contributed by atoms with van der Waals surface area (Å²) in [6.07, 6.45) is 1.60. The predicted octanol–water partition coefficient (Wildman–Crippen LogP) is 2.93. The van der Waals surface area contributed by atoms with Gasteiger partial charge in [-0.25, -0.2) is 4.68 Å². The average molecular weight is 284 g/mol. The molecule has 21 heavy (non-hydrogen) atoms. The van der Waals surface area contributed by atoms with Crippen LogP contribution in [0.25, 0.3) is 17.1 Å². The van der Waals surface area contributed by atoms with Crippen molar-refractivity contribution in [1.82, 2.24) is 9.78 Å².